The summed E-state index contributed by atoms with van der Waals surface area (Å²) in [6.07, 6.45) is 1.56. The summed E-state index contributed by atoms with van der Waals surface area (Å²) in [5.74, 6) is -0.844. The van der Waals surface area contributed by atoms with Crippen molar-refractivity contribution in [3.05, 3.63) is 41.9 Å². The first-order valence-electron chi connectivity index (χ1n) is 9.55. The number of hydrogen-bond acceptors (Lipinski definition) is 3. The van der Waals surface area contributed by atoms with Crippen LogP contribution in [0.2, 0.25) is 18.1 Å². The summed E-state index contributed by atoms with van der Waals surface area (Å²) in [5, 5.41) is 11.9. The van der Waals surface area contributed by atoms with Crippen molar-refractivity contribution in [1.29, 1.82) is 0 Å². The number of aromatic amines is 1. The first kappa shape index (κ1) is 21.4. The lowest BCUT2D eigenvalue weighted by atomic mass is 10.1. The van der Waals surface area contributed by atoms with Crippen LogP contribution >= 0.6 is 0 Å². The predicted molar refractivity (Wildman–Crippen MR) is 108 cm³/mol. The minimum atomic E-state index is -2.18. The zero-order valence-corrected chi connectivity index (χ0v) is 18.3. The highest BCUT2D eigenvalue weighted by Crippen LogP contribution is 2.53. The molecule has 1 atom stereocenters. The average Bonchev–Trinajstić information content (AvgIpc) is 3.18. The van der Waals surface area contributed by atoms with Crippen molar-refractivity contribution in [3.63, 3.8) is 0 Å². The summed E-state index contributed by atoms with van der Waals surface area (Å²) < 4.78 is 34.3. The Morgan fingerprint density at radius 2 is 2.00 bits per heavy atom. The van der Waals surface area contributed by atoms with Gasteiger partial charge in [-0.05, 0) is 49.2 Å². The molecule has 3 N–H and O–H groups in total. The number of imidazole rings is 1. The SMILES string of the molecule is CC(C)(C)[Si](C)(C)OC1(C(NC(=O)O)c2ncc(-c3cc(F)ccc3F)[nH]2)CC1. The van der Waals surface area contributed by atoms with Gasteiger partial charge in [-0.1, -0.05) is 20.8 Å². The summed E-state index contributed by atoms with van der Waals surface area (Å²) in [6.45, 7) is 10.6. The molecule has 0 saturated heterocycles. The summed E-state index contributed by atoms with van der Waals surface area (Å²) in [6, 6.07) is 2.42. The average molecular weight is 424 g/mol. The molecular weight excluding hydrogens is 396 g/mol. The molecule has 1 aromatic heterocycles. The van der Waals surface area contributed by atoms with E-state index >= 15 is 0 Å². The highest BCUT2D eigenvalue weighted by atomic mass is 28.4. The van der Waals surface area contributed by atoms with Crippen molar-refractivity contribution < 1.29 is 23.1 Å². The Kier molecular flexibility index (Phi) is 5.33. The molecule has 1 aliphatic carbocycles. The molecule has 0 aliphatic heterocycles. The Bertz CT molecular complexity index is 920. The second-order valence-corrected chi connectivity index (χ2v) is 13.8. The lowest BCUT2D eigenvalue weighted by Gasteiger charge is -2.41. The number of rotatable bonds is 6. The van der Waals surface area contributed by atoms with Crippen LogP contribution in [-0.4, -0.2) is 35.1 Å². The third kappa shape index (κ3) is 4.35. The lowest BCUT2D eigenvalue weighted by Crippen LogP contribution is -2.49. The Labute approximate surface area is 169 Å². The molecule has 0 radical (unpaired) electrons. The van der Waals surface area contributed by atoms with Crippen LogP contribution in [0.5, 0.6) is 0 Å². The van der Waals surface area contributed by atoms with E-state index < -0.39 is 37.7 Å². The molecular formula is C20H27F2N3O3Si. The molecule has 6 nitrogen and oxygen atoms in total. The van der Waals surface area contributed by atoms with Crippen LogP contribution in [0.3, 0.4) is 0 Å². The van der Waals surface area contributed by atoms with Gasteiger partial charge in [0, 0.05) is 5.56 Å². The van der Waals surface area contributed by atoms with Crippen molar-refractivity contribution in [2.24, 2.45) is 0 Å². The predicted octanol–water partition coefficient (Wildman–Crippen LogP) is 5.22. The van der Waals surface area contributed by atoms with Crippen molar-refractivity contribution in [2.75, 3.05) is 0 Å². The van der Waals surface area contributed by atoms with Crippen molar-refractivity contribution in [3.8, 4) is 11.3 Å². The lowest BCUT2D eigenvalue weighted by molar-refractivity contribution is 0.103. The Balaban J connectivity index is 1.96. The van der Waals surface area contributed by atoms with Gasteiger partial charge >= 0.3 is 6.09 Å². The second kappa shape index (κ2) is 7.21. The molecule has 1 fully saturated rings. The van der Waals surface area contributed by atoms with Gasteiger partial charge in [-0.3, -0.25) is 0 Å². The molecule has 1 aromatic carbocycles. The minimum absolute atomic E-state index is 0.0352. The van der Waals surface area contributed by atoms with Crippen LogP contribution in [0.25, 0.3) is 11.3 Å². The summed E-state index contributed by atoms with van der Waals surface area (Å²) in [5.41, 5.74) is -0.387. The molecule has 1 heterocycles. The van der Waals surface area contributed by atoms with Crippen LogP contribution in [-0.2, 0) is 4.43 Å². The number of aromatic nitrogens is 2. The molecule has 1 amide bonds. The smallest absolute Gasteiger partial charge is 0.405 e. The third-order valence-electron chi connectivity index (χ3n) is 5.89. The molecule has 1 aliphatic rings. The minimum Gasteiger partial charge on any atom is -0.465 e. The van der Waals surface area contributed by atoms with E-state index in [9.17, 15) is 18.7 Å². The number of amides is 1. The van der Waals surface area contributed by atoms with Gasteiger partial charge in [-0.25, -0.2) is 18.6 Å². The number of H-pyrrole nitrogens is 1. The monoisotopic (exact) mass is 423 g/mol. The Morgan fingerprint density at radius 1 is 1.34 bits per heavy atom. The van der Waals surface area contributed by atoms with Crippen molar-refractivity contribution >= 4 is 14.4 Å². The maximum atomic E-state index is 14.1. The highest BCUT2D eigenvalue weighted by Gasteiger charge is 2.57. The van der Waals surface area contributed by atoms with E-state index in [1.165, 1.54) is 6.20 Å². The molecule has 0 spiro atoms. The van der Waals surface area contributed by atoms with Crippen LogP contribution in [0, 0.1) is 11.6 Å². The maximum Gasteiger partial charge on any atom is 0.405 e. The third-order valence-corrected chi connectivity index (χ3v) is 10.4. The van der Waals surface area contributed by atoms with E-state index in [2.05, 4.69) is 49.1 Å². The van der Waals surface area contributed by atoms with Gasteiger partial charge in [0.05, 0.1) is 17.5 Å². The number of nitrogens with one attached hydrogen (secondary N) is 2. The van der Waals surface area contributed by atoms with E-state index in [1.807, 2.05) is 0 Å². The number of benzene rings is 1. The van der Waals surface area contributed by atoms with Gasteiger partial charge in [-0.2, -0.15) is 0 Å². The zero-order chi connectivity index (χ0) is 21.6. The fraction of sp³-hybridized carbons (Fsp3) is 0.500. The first-order chi connectivity index (χ1) is 13.3. The first-order valence-corrected chi connectivity index (χ1v) is 12.5. The second-order valence-electron chi connectivity index (χ2n) is 9.12. The molecule has 3 rings (SSSR count). The maximum absolute atomic E-state index is 14.1. The molecule has 1 saturated carbocycles. The van der Waals surface area contributed by atoms with Gasteiger partial charge < -0.3 is 19.8 Å². The molecule has 29 heavy (non-hydrogen) atoms. The van der Waals surface area contributed by atoms with Gasteiger partial charge in [0.1, 0.15) is 23.5 Å². The molecule has 0 bridgehead atoms. The van der Waals surface area contributed by atoms with Gasteiger partial charge in [0.2, 0.25) is 0 Å². The van der Waals surface area contributed by atoms with E-state index in [0.29, 0.717) is 18.7 Å². The van der Waals surface area contributed by atoms with Crippen molar-refractivity contribution in [2.45, 2.75) is 63.4 Å². The number of carboxylic acid groups (broad SMARTS) is 1. The molecule has 1 unspecified atom stereocenters. The van der Waals surface area contributed by atoms with E-state index in [1.54, 1.807) is 0 Å². The topological polar surface area (TPSA) is 87.2 Å². The van der Waals surface area contributed by atoms with E-state index in [-0.39, 0.29) is 16.3 Å². The van der Waals surface area contributed by atoms with Gasteiger partial charge in [0.25, 0.3) is 0 Å². The van der Waals surface area contributed by atoms with E-state index in [4.69, 9.17) is 4.43 Å². The summed E-state index contributed by atoms with van der Waals surface area (Å²) in [4.78, 5) is 18.7. The quantitative estimate of drug-likeness (QED) is 0.556. The number of carbonyl (C=O) groups is 1. The highest BCUT2D eigenvalue weighted by molar-refractivity contribution is 6.74. The summed E-state index contributed by atoms with van der Waals surface area (Å²) >= 11 is 0. The standard InChI is InChI=1S/C20H27F2N3O3Si/c1-19(2,3)29(4,5)28-20(8-9-20)16(25-18(26)27)17-23-11-15(24-17)13-10-12(21)6-7-14(13)22/h6-7,10-11,16,25H,8-9H2,1-5H3,(H,23,24)(H,26,27). The largest absolute Gasteiger partial charge is 0.465 e. The molecule has 158 valence electrons. The number of nitrogens with zero attached hydrogens (tertiary/aromatic N) is 1. The Morgan fingerprint density at radius 3 is 2.55 bits per heavy atom. The normalized spacial score (nSPS) is 17.1. The van der Waals surface area contributed by atoms with Crippen LogP contribution in [0.15, 0.2) is 24.4 Å². The molecule has 2 aromatic rings. The van der Waals surface area contributed by atoms with Crippen molar-refractivity contribution in [1.82, 2.24) is 15.3 Å². The van der Waals surface area contributed by atoms with E-state index in [0.717, 1.165) is 18.2 Å². The fourth-order valence-corrected chi connectivity index (χ4v) is 4.78. The molecule has 9 heteroatoms. The Hall–Kier alpha value is -2.26. The van der Waals surface area contributed by atoms with Crippen LogP contribution in [0.4, 0.5) is 13.6 Å². The number of halogens is 2. The number of hydrogen-bond donors (Lipinski definition) is 3. The summed E-state index contributed by atoms with van der Waals surface area (Å²) in [7, 11) is -2.18. The van der Waals surface area contributed by atoms with Crippen LogP contribution in [0.1, 0.15) is 45.5 Å². The van der Waals surface area contributed by atoms with Gasteiger partial charge in [-0.15, -0.1) is 0 Å². The fourth-order valence-electron chi connectivity index (χ4n) is 3.13. The van der Waals surface area contributed by atoms with Gasteiger partial charge in [0.15, 0.2) is 8.32 Å². The van der Waals surface area contributed by atoms with Crippen LogP contribution < -0.4 is 5.32 Å². The zero-order valence-electron chi connectivity index (χ0n) is 17.3.